The third kappa shape index (κ3) is 2.68. The Kier molecular flexibility index (Phi) is 3.59. The van der Waals surface area contributed by atoms with Gasteiger partial charge in [0.1, 0.15) is 29.3 Å². The van der Waals surface area contributed by atoms with E-state index in [0.717, 1.165) is 38.2 Å². The van der Waals surface area contributed by atoms with Crippen LogP contribution in [0.3, 0.4) is 0 Å². The molecule has 6 heteroatoms. The molecule has 4 rings (SSSR count). The van der Waals surface area contributed by atoms with Gasteiger partial charge in [-0.25, -0.2) is 9.97 Å². The van der Waals surface area contributed by atoms with Gasteiger partial charge in [-0.1, -0.05) is 12.1 Å². The zero-order valence-corrected chi connectivity index (χ0v) is 13.4. The van der Waals surface area contributed by atoms with E-state index in [0.29, 0.717) is 23.6 Å². The monoisotopic (exact) mass is 324 g/mol. The maximum atomic E-state index is 12.5. The molecule has 1 unspecified atom stereocenters. The van der Waals surface area contributed by atoms with Crippen LogP contribution in [0.1, 0.15) is 36.0 Å². The molecule has 2 aromatic rings. The largest absolute Gasteiger partial charge is 0.486 e. The summed E-state index contributed by atoms with van der Waals surface area (Å²) in [5.41, 5.74) is 6.06. The smallest absolute Gasteiger partial charge is 0.170 e. The molecular formula is C18H20N4O2. The predicted molar refractivity (Wildman–Crippen MR) is 91.3 cm³/mol. The zero-order chi connectivity index (χ0) is 16.6. The Labute approximate surface area is 140 Å². The Morgan fingerprint density at radius 1 is 1.17 bits per heavy atom. The van der Waals surface area contributed by atoms with Gasteiger partial charge in [-0.05, 0) is 25.0 Å². The average molecular weight is 324 g/mol. The molecule has 2 aliphatic rings. The zero-order valence-electron chi connectivity index (χ0n) is 13.4. The van der Waals surface area contributed by atoms with Crippen molar-refractivity contribution in [3.63, 3.8) is 0 Å². The van der Waals surface area contributed by atoms with E-state index in [1.54, 1.807) is 6.07 Å². The number of hydrogen-bond donors (Lipinski definition) is 1. The van der Waals surface area contributed by atoms with Crippen LogP contribution >= 0.6 is 0 Å². The van der Waals surface area contributed by atoms with Crippen molar-refractivity contribution in [1.29, 1.82) is 0 Å². The second-order valence-electron chi connectivity index (χ2n) is 6.52. The number of hydrogen-bond acceptors (Lipinski definition) is 6. The SMILES string of the molecule is Nc1cc(N2CCCC3(CC2)CC(=O)c2ccccc2O3)ncn1. The highest BCUT2D eigenvalue weighted by molar-refractivity contribution is 6.00. The summed E-state index contributed by atoms with van der Waals surface area (Å²) >= 11 is 0. The topological polar surface area (TPSA) is 81.3 Å². The van der Waals surface area contributed by atoms with Crippen molar-refractivity contribution in [2.45, 2.75) is 31.3 Å². The van der Waals surface area contributed by atoms with E-state index in [-0.39, 0.29) is 5.78 Å². The second kappa shape index (κ2) is 5.78. The van der Waals surface area contributed by atoms with Gasteiger partial charge in [0, 0.05) is 25.6 Å². The quantitative estimate of drug-likeness (QED) is 0.868. The lowest BCUT2D eigenvalue weighted by molar-refractivity contribution is 0.0323. The molecule has 2 N–H and O–H groups in total. The highest BCUT2D eigenvalue weighted by atomic mass is 16.5. The molecule has 0 saturated carbocycles. The molecule has 1 spiro atoms. The number of aromatic nitrogens is 2. The van der Waals surface area contributed by atoms with Crippen molar-refractivity contribution in [3.05, 3.63) is 42.2 Å². The number of para-hydroxylation sites is 1. The molecule has 0 aliphatic carbocycles. The van der Waals surface area contributed by atoms with E-state index >= 15 is 0 Å². The number of Topliss-reactive ketones (excluding diaryl/α,β-unsaturated/α-hetero) is 1. The number of carbonyl (C=O) groups excluding carboxylic acids is 1. The molecule has 1 fully saturated rings. The summed E-state index contributed by atoms with van der Waals surface area (Å²) in [6, 6.07) is 9.32. The molecule has 3 heterocycles. The number of benzene rings is 1. The minimum atomic E-state index is -0.404. The van der Waals surface area contributed by atoms with Crippen molar-refractivity contribution < 1.29 is 9.53 Å². The third-order valence-electron chi connectivity index (χ3n) is 4.89. The summed E-state index contributed by atoms with van der Waals surface area (Å²) < 4.78 is 6.31. The molecule has 0 radical (unpaired) electrons. The predicted octanol–water partition coefficient (Wildman–Crippen LogP) is 2.45. The van der Waals surface area contributed by atoms with Crippen molar-refractivity contribution in [2.24, 2.45) is 0 Å². The first kappa shape index (κ1) is 14.9. The highest BCUT2D eigenvalue weighted by Gasteiger charge is 2.41. The van der Waals surface area contributed by atoms with Crippen LogP contribution in [0.15, 0.2) is 36.7 Å². The van der Waals surface area contributed by atoms with Crippen LogP contribution in [0.5, 0.6) is 5.75 Å². The van der Waals surface area contributed by atoms with Crippen LogP contribution in [0.4, 0.5) is 11.6 Å². The first-order chi connectivity index (χ1) is 11.7. The lowest BCUT2D eigenvalue weighted by Gasteiger charge is -2.37. The molecule has 1 saturated heterocycles. The fourth-order valence-corrected chi connectivity index (χ4v) is 3.65. The van der Waals surface area contributed by atoms with Gasteiger partial charge in [-0.3, -0.25) is 4.79 Å². The minimum Gasteiger partial charge on any atom is -0.486 e. The molecule has 6 nitrogen and oxygen atoms in total. The van der Waals surface area contributed by atoms with Crippen molar-refractivity contribution >= 4 is 17.4 Å². The summed E-state index contributed by atoms with van der Waals surface area (Å²) in [7, 11) is 0. The Balaban J connectivity index is 1.56. The standard InChI is InChI=1S/C18H20N4O2/c19-16-10-17(21-12-20-16)22-8-3-6-18(7-9-22)11-14(23)13-4-1-2-5-15(13)24-18/h1-2,4-5,10,12H,3,6-9,11H2,(H2,19,20,21). The number of nitrogens with two attached hydrogens (primary N) is 1. The molecule has 24 heavy (non-hydrogen) atoms. The van der Waals surface area contributed by atoms with Crippen LogP contribution in [-0.4, -0.2) is 34.4 Å². The normalized spacial score (nSPS) is 23.5. The van der Waals surface area contributed by atoms with Crippen LogP contribution < -0.4 is 15.4 Å². The minimum absolute atomic E-state index is 0.177. The molecule has 1 aromatic carbocycles. The van der Waals surface area contributed by atoms with Crippen molar-refractivity contribution in [3.8, 4) is 5.75 Å². The van der Waals surface area contributed by atoms with Crippen LogP contribution in [0.2, 0.25) is 0 Å². The first-order valence-corrected chi connectivity index (χ1v) is 8.29. The van der Waals surface area contributed by atoms with E-state index in [9.17, 15) is 4.79 Å². The summed E-state index contributed by atoms with van der Waals surface area (Å²) in [6.07, 6.45) is 4.53. The van der Waals surface area contributed by atoms with E-state index in [4.69, 9.17) is 10.5 Å². The second-order valence-corrected chi connectivity index (χ2v) is 6.52. The van der Waals surface area contributed by atoms with E-state index in [1.807, 2.05) is 24.3 Å². The molecule has 124 valence electrons. The molecule has 2 aliphatic heterocycles. The molecule has 1 atom stereocenters. The highest BCUT2D eigenvalue weighted by Crippen LogP contribution is 2.39. The van der Waals surface area contributed by atoms with Gasteiger partial charge in [-0.2, -0.15) is 0 Å². The molecule has 1 aromatic heterocycles. The average Bonchev–Trinajstić information content (AvgIpc) is 2.77. The molecular weight excluding hydrogens is 304 g/mol. The third-order valence-corrected chi connectivity index (χ3v) is 4.89. The number of nitrogens with zero attached hydrogens (tertiary/aromatic N) is 3. The maximum absolute atomic E-state index is 12.5. The number of rotatable bonds is 1. The molecule has 0 amide bonds. The van der Waals surface area contributed by atoms with Gasteiger partial charge in [0.05, 0.1) is 12.0 Å². The Morgan fingerprint density at radius 3 is 2.92 bits per heavy atom. The lowest BCUT2D eigenvalue weighted by atomic mass is 9.84. The number of carbonyl (C=O) groups is 1. The van der Waals surface area contributed by atoms with Gasteiger partial charge in [0.25, 0.3) is 0 Å². The van der Waals surface area contributed by atoms with Crippen LogP contribution in [-0.2, 0) is 0 Å². The van der Waals surface area contributed by atoms with Gasteiger partial charge in [0.15, 0.2) is 5.78 Å². The summed E-state index contributed by atoms with van der Waals surface area (Å²) in [4.78, 5) is 23.0. The Morgan fingerprint density at radius 2 is 2.04 bits per heavy atom. The number of anilines is 2. The Hall–Kier alpha value is -2.63. The lowest BCUT2D eigenvalue weighted by Crippen LogP contribution is -2.43. The molecule has 0 bridgehead atoms. The van der Waals surface area contributed by atoms with Crippen molar-refractivity contribution in [1.82, 2.24) is 9.97 Å². The first-order valence-electron chi connectivity index (χ1n) is 8.29. The van der Waals surface area contributed by atoms with E-state index in [2.05, 4.69) is 14.9 Å². The fraction of sp³-hybridized carbons (Fsp3) is 0.389. The van der Waals surface area contributed by atoms with E-state index < -0.39 is 5.60 Å². The summed E-state index contributed by atoms with van der Waals surface area (Å²) in [5.74, 6) is 2.20. The van der Waals surface area contributed by atoms with E-state index in [1.165, 1.54) is 6.33 Å². The summed E-state index contributed by atoms with van der Waals surface area (Å²) in [6.45, 7) is 1.66. The number of ether oxygens (including phenoxy) is 1. The van der Waals surface area contributed by atoms with Gasteiger partial charge < -0.3 is 15.4 Å². The van der Waals surface area contributed by atoms with Gasteiger partial charge in [0.2, 0.25) is 0 Å². The maximum Gasteiger partial charge on any atom is 0.170 e. The van der Waals surface area contributed by atoms with Crippen molar-refractivity contribution in [2.75, 3.05) is 23.7 Å². The number of fused-ring (bicyclic) bond motifs is 1. The van der Waals surface area contributed by atoms with Gasteiger partial charge in [-0.15, -0.1) is 0 Å². The van der Waals surface area contributed by atoms with Crippen LogP contribution in [0.25, 0.3) is 0 Å². The number of nitrogen functional groups attached to an aromatic ring is 1. The summed E-state index contributed by atoms with van der Waals surface area (Å²) in [5, 5.41) is 0. The fourth-order valence-electron chi connectivity index (χ4n) is 3.65. The van der Waals surface area contributed by atoms with Crippen LogP contribution in [0, 0.1) is 0 Å². The number of ketones is 1. The Bertz CT molecular complexity index is 779. The van der Waals surface area contributed by atoms with Gasteiger partial charge >= 0.3 is 0 Å².